The van der Waals surface area contributed by atoms with E-state index in [1.165, 1.54) is 0 Å². The van der Waals surface area contributed by atoms with Crippen LogP contribution in [0.3, 0.4) is 0 Å². The molecule has 2 aromatic heterocycles. The van der Waals surface area contributed by atoms with Crippen molar-refractivity contribution < 1.29 is 0 Å². The number of benzene rings is 3. The molecule has 0 fully saturated rings. The van der Waals surface area contributed by atoms with Crippen molar-refractivity contribution in [2.24, 2.45) is 0 Å². The molecule has 8 heteroatoms. The highest BCUT2D eigenvalue weighted by Gasteiger charge is 2.11. The molecule has 5 rings (SSSR count). The number of nitrogens with one attached hydrogen (secondary N) is 4. The van der Waals surface area contributed by atoms with Crippen LogP contribution in [0.15, 0.2) is 95.9 Å². The van der Waals surface area contributed by atoms with Crippen LogP contribution in [0.5, 0.6) is 0 Å². The molecule has 34 heavy (non-hydrogen) atoms. The molecule has 0 amide bonds. The fourth-order valence-corrected chi connectivity index (χ4v) is 3.80. The third-order valence-electron chi connectivity index (χ3n) is 5.55. The third-order valence-corrected chi connectivity index (χ3v) is 5.55. The van der Waals surface area contributed by atoms with Crippen LogP contribution in [0.4, 0.5) is 11.4 Å². The van der Waals surface area contributed by atoms with Gasteiger partial charge in [-0.15, -0.1) is 5.10 Å². The zero-order valence-electron chi connectivity index (χ0n) is 18.3. The molecular formula is C26H23N7O. The number of nitrogens with zero attached hydrogens (tertiary/aromatic N) is 3. The highest BCUT2D eigenvalue weighted by molar-refractivity contribution is 5.80. The van der Waals surface area contributed by atoms with Crippen LogP contribution in [0.25, 0.3) is 22.5 Å². The Bertz CT molecular complexity index is 1410. The Morgan fingerprint density at radius 2 is 1.44 bits per heavy atom. The molecule has 0 aliphatic rings. The highest BCUT2D eigenvalue weighted by atomic mass is 16.1. The first kappa shape index (κ1) is 21.1. The minimum absolute atomic E-state index is 0.163. The maximum Gasteiger partial charge on any atom is 0.273 e. The Morgan fingerprint density at radius 1 is 0.735 bits per heavy atom. The van der Waals surface area contributed by atoms with Gasteiger partial charge in [0.2, 0.25) is 0 Å². The van der Waals surface area contributed by atoms with Crippen molar-refractivity contribution in [3.8, 4) is 22.5 Å². The quantitative estimate of drug-likeness (QED) is 0.279. The number of hydrogen-bond acceptors (Lipinski definition) is 6. The Morgan fingerprint density at radius 3 is 2.21 bits per heavy atom. The summed E-state index contributed by atoms with van der Waals surface area (Å²) >= 11 is 0. The first-order valence-corrected chi connectivity index (χ1v) is 10.9. The minimum atomic E-state index is -0.163. The summed E-state index contributed by atoms with van der Waals surface area (Å²) in [6, 6.07) is 28.1. The van der Waals surface area contributed by atoms with Crippen LogP contribution in [0.1, 0.15) is 11.1 Å². The van der Waals surface area contributed by atoms with Crippen LogP contribution >= 0.6 is 0 Å². The zero-order chi connectivity index (χ0) is 23.2. The standard InChI is InChI=1S/C26H23N7O/c34-26-24(23(14-15-27-26)28-16-18-6-2-1-3-7-18)29-17-19-10-12-20(13-11-19)21-8-4-5-9-22(21)25-30-32-33-31-25/h1-15,29H,16-17H2,(H2,27,28,34)(H,30,31,32,33). The molecule has 0 atom stereocenters. The maximum atomic E-state index is 12.5. The Hall–Kier alpha value is -4.72. The molecule has 0 aliphatic carbocycles. The number of H-pyrrole nitrogens is 2. The summed E-state index contributed by atoms with van der Waals surface area (Å²) in [6.07, 6.45) is 1.65. The fraction of sp³-hybridized carbons (Fsp3) is 0.0769. The van der Waals surface area contributed by atoms with Gasteiger partial charge in [-0.05, 0) is 38.7 Å². The zero-order valence-corrected chi connectivity index (χ0v) is 18.3. The molecule has 0 bridgehead atoms. The molecule has 0 unspecified atom stereocenters. The number of aromatic amines is 2. The monoisotopic (exact) mass is 449 g/mol. The number of hydrogen-bond donors (Lipinski definition) is 4. The van der Waals surface area contributed by atoms with Crippen LogP contribution in [0, 0.1) is 0 Å². The molecule has 0 spiro atoms. The Kier molecular flexibility index (Phi) is 6.11. The molecule has 0 radical (unpaired) electrons. The molecule has 5 aromatic rings. The molecule has 3 aromatic carbocycles. The molecule has 8 nitrogen and oxygen atoms in total. The predicted octanol–water partition coefficient (Wildman–Crippen LogP) is 4.45. The van der Waals surface area contributed by atoms with Crippen LogP contribution in [-0.2, 0) is 13.1 Å². The summed E-state index contributed by atoms with van der Waals surface area (Å²) in [6.45, 7) is 1.15. The van der Waals surface area contributed by atoms with E-state index in [1.54, 1.807) is 6.20 Å². The average molecular weight is 450 g/mol. The van der Waals surface area contributed by atoms with E-state index in [0.29, 0.717) is 24.6 Å². The second kappa shape index (κ2) is 9.83. The summed E-state index contributed by atoms with van der Waals surface area (Å²) in [5.41, 5.74) is 6.34. The number of anilines is 2. The largest absolute Gasteiger partial charge is 0.379 e. The van der Waals surface area contributed by atoms with E-state index in [0.717, 1.165) is 33.5 Å². The lowest BCUT2D eigenvalue weighted by molar-refractivity contribution is 0.881. The van der Waals surface area contributed by atoms with Gasteiger partial charge in [0.15, 0.2) is 5.82 Å². The fourth-order valence-electron chi connectivity index (χ4n) is 3.80. The summed E-state index contributed by atoms with van der Waals surface area (Å²) in [5, 5.41) is 20.9. The Labute approximate surface area is 196 Å². The van der Waals surface area contributed by atoms with E-state index in [4.69, 9.17) is 0 Å². The normalized spacial score (nSPS) is 10.7. The van der Waals surface area contributed by atoms with Gasteiger partial charge in [-0.2, -0.15) is 0 Å². The predicted molar refractivity (Wildman–Crippen MR) is 133 cm³/mol. The van der Waals surface area contributed by atoms with Gasteiger partial charge in [0.1, 0.15) is 5.69 Å². The van der Waals surface area contributed by atoms with E-state index in [-0.39, 0.29) is 5.56 Å². The molecule has 0 saturated heterocycles. The second-order valence-corrected chi connectivity index (χ2v) is 7.78. The van der Waals surface area contributed by atoms with Crippen molar-refractivity contribution in [3.05, 3.63) is 113 Å². The molecule has 0 saturated carbocycles. The number of pyridine rings is 1. The van der Waals surface area contributed by atoms with Gasteiger partial charge in [0.25, 0.3) is 5.56 Å². The van der Waals surface area contributed by atoms with E-state index >= 15 is 0 Å². The number of rotatable bonds is 8. The highest BCUT2D eigenvalue weighted by Crippen LogP contribution is 2.30. The van der Waals surface area contributed by atoms with Crippen molar-refractivity contribution in [2.75, 3.05) is 10.6 Å². The lowest BCUT2D eigenvalue weighted by Crippen LogP contribution is -2.16. The van der Waals surface area contributed by atoms with Gasteiger partial charge in [-0.1, -0.05) is 78.9 Å². The first-order chi connectivity index (χ1) is 16.8. The van der Waals surface area contributed by atoms with Gasteiger partial charge in [-0.25, -0.2) is 5.10 Å². The van der Waals surface area contributed by atoms with Crippen LogP contribution < -0.4 is 16.2 Å². The summed E-state index contributed by atoms with van der Waals surface area (Å²) in [5.74, 6) is 0.625. The third kappa shape index (κ3) is 4.71. The SMILES string of the molecule is O=c1[nH]ccc(NCc2ccccc2)c1NCc1ccc(-c2ccccc2-c2nnn[nH]2)cc1. The van der Waals surface area contributed by atoms with E-state index < -0.39 is 0 Å². The maximum absolute atomic E-state index is 12.5. The number of aromatic nitrogens is 5. The van der Waals surface area contributed by atoms with Crippen molar-refractivity contribution in [2.45, 2.75) is 13.1 Å². The lowest BCUT2D eigenvalue weighted by Gasteiger charge is -2.13. The van der Waals surface area contributed by atoms with Gasteiger partial charge in [0.05, 0.1) is 5.69 Å². The Balaban J connectivity index is 1.30. The second-order valence-electron chi connectivity index (χ2n) is 7.78. The topological polar surface area (TPSA) is 111 Å². The smallest absolute Gasteiger partial charge is 0.273 e. The van der Waals surface area contributed by atoms with Gasteiger partial charge < -0.3 is 15.6 Å². The van der Waals surface area contributed by atoms with Crippen molar-refractivity contribution in [3.63, 3.8) is 0 Å². The van der Waals surface area contributed by atoms with Gasteiger partial charge in [0, 0.05) is 24.8 Å². The molecule has 168 valence electrons. The van der Waals surface area contributed by atoms with Crippen molar-refractivity contribution in [1.29, 1.82) is 0 Å². The van der Waals surface area contributed by atoms with Crippen LogP contribution in [-0.4, -0.2) is 25.6 Å². The average Bonchev–Trinajstić information content (AvgIpc) is 3.43. The van der Waals surface area contributed by atoms with Gasteiger partial charge >= 0.3 is 0 Å². The summed E-state index contributed by atoms with van der Waals surface area (Å²) < 4.78 is 0. The number of tetrazole rings is 1. The van der Waals surface area contributed by atoms with E-state index in [2.05, 4.69) is 48.4 Å². The van der Waals surface area contributed by atoms with E-state index in [9.17, 15) is 4.79 Å². The van der Waals surface area contributed by atoms with Gasteiger partial charge in [-0.3, -0.25) is 4.79 Å². The van der Waals surface area contributed by atoms with Crippen molar-refractivity contribution >= 4 is 11.4 Å². The minimum Gasteiger partial charge on any atom is -0.379 e. The summed E-state index contributed by atoms with van der Waals surface area (Å²) in [7, 11) is 0. The lowest BCUT2D eigenvalue weighted by atomic mass is 9.98. The molecular weight excluding hydrogens is 426 g/mol. The molecule has 0 aliphatic heterocycles. The first-order valence-electron chi connectivity index (χ1n) is 10.9. The molecule has 2 heterocycles. The van der Waals surface area contributed by atoms with Crippen LogP contribution in [0.2, 0.25) is 0 Å². The van der Waals surface area contributed by atoms with Crippen molar-refractivity contribution in [1.82, 2.24) is 25.6 Å². The summed E-state index contributed by atoms with van der Waals surface area (Å²) in [4.78, 5) is 15.2. The molecule has 4 N–H and O–H groups in total. The van der Waals surface area contributed by atoms with E-state index in [1.807, 2.05) is 72.8 Å².